The second-order valence-corrected chi connectivity index (χ2v) is 4.93. The van der Waals surface area contributed by atoms with Crippen LogP contribution in [0.1, 0.15) is 53.3 Å². The van der Waals surface area contributed by atoms with Crippen molar-refractivity contribution in [3.8, 4) is 0 Å². The summed E-state index contributed by atoms with van der Waals surface area (Å²) in [6.45, 7) is 2.78. The molecule has 1 fully saturated rings. The van der Waals surface area contributed by atoms with Crippen LogP contribution < -0.4 is 10.6 Å². The third-order valence-electron chi connectivity index (χ3n) is 3.14. The van der Waals surface area contributed by atoms with Crippen molar-refractivity contribution in [3.63, 3.8) is 0 Å². The minimum atomic E-state index is -0.0809. The Kier molecular flexibility index (Phi) is 4.55. The van der Waals surface area contributed by atoms with Gasteiger partial charge in [-0.1, -0.05) is 13.3 Å². The molecule has 1 aromatic carbocycles. The molecule has 0 atom stereocenters. The van der Waals surface area contributed by atoms with Crippen LogP contribution in [-0.2, 0) is 0 Å². The molecule has 0 bridgehead atoms. The van der Waals surface area contributed by atoms with E-state index >= 15 is 0 Å². The molecule has 1 aromatic rings. The summed E-state index contributed by atoms with van der Waals surface area (Å²) in [7, 11) is 0. The van der Waals surface area contributed by atoms with Crippen LogP contribution in [0.15, 0.2) is 24.3 Å². The molecule has 0 spiro atoms. The number of nitrogens with one attached hydrogen (secondary N) is 2. The number of carbonyl (C=O) groups is 2. The van der Waals surface area contributed by atoms with Crippen LogP contribution >= 0.6 is 0 Å². The van der Waals surface area contributed by atoms with Crippen molar-refractivity contribution in [2.45, 2.75) is 38.6 Å². The molecule has 2 N–H and O–H groups in total. The van der Waals surface area contributed by atoms with Crippen molar-refractivity contribution in [2.75, 3.05) is 6.54 Å². The van der Waals surface area contributed by atoms with E-state index in [1.807, 2.05) is 0 Å². The van der Waals surface area contributed by atoms with Gasteiger partial charge in [-0.2, -0.15) is 0 Å². The van der Waals surface area contributed by atoms with Gasteiger partial charge in [0.15, 0.2) is 0 Å². The number of carbonyl (C=O) groups excluding carboxylic acids is 2. The number of amides is 2. The van der Waals surface area contributed by atoms with E-state index in [4.69, 9.17) is 0 Å². The largest absolute Gasteiger partial charge is 0.352 e. The molecule has 19 heavy (non-hydrogen) atoms. The summed E-state index contributed by atoms with van der Waals surface area (Å²) in [6, 6.07) is 7.15. The lowest BCUT2D eigenvalue weighted by molar-refractivity contribution is 0.0940. The number of unbranched alkanes of at least 4 members (excludes halogenated alkanes) is 1. The maximum Gasteiger partial charge on any atom is 0.251 e. The Balaban J connectivity index is 1.89. The summed E-state index contributed by atoms with van der Waals surface area (Å²) in [6.07, 6.45) is 4.18. The van der Waals surface area contributed by atoms with Crippen molar-refractivity contribution < 1.29 is 9.59 Å². The average Bonchev–Trinajstić information content (AvgIpc) is 3.23. The fourth-order valence-corrected chi connectivity index (χ4v) is 1.75. The monoisotopic (exact) mass is 260 g/mol. The summed E-state index contributed by atoms with van der Waals surface area (Å²) >= 11 is 0. The Morgan fingerprint density at radius 3 is 2.21 bits per heavy atom. The third-order valence-corrected chi connectivity index (χ3v) is 3.14. The van der Waals surface area contributed by atoms with E-state index in [0.717, 1.165) is 25.7 Å². The quantitative estimate of drug-likeness (QED) is 0.770. The van der Waals surface area contributed by atoms with Gasteiger partial charge in [-0.15, -0.1) is 0 Å². The topological polar surface area (TPSA) is 58.2 Å². The maximum atomic E-state index is 11.8. The molecule has 0 saturated heterocycles. The highest BCUT2D eigenvalue weighted by atomic mass is 16.2. The second kappa shape index (κ2) is 6.36. The number of benzene rings is 1. The van der Waals surface area contributed by atoms with Crippen molar-refractivity contribution in [1.82, 2.24) is 10.6 Å². The van der Waals surface area contributed by atoms with Gasteiger partial charge >= 0.3 is 0 Å². The third kappa shape index (κ3) is 4.09. The first-order valence-electron chi connectivity index (χ1n) is 6.90. The number of rotatable bonds is 6. The number of hydrogen-bond donors (Lipinski definition) is 2. The lowest BCUT2D eigenvalue weighted by atomic mass is 10.1. The molecule has 0 heterocycles. The van der Waals surface area contributed by atoms with E-state index in [0.29, 0.717) is 23.7 Å². The first-order chi connectivity index (χ1) is 9.20. The molecule has 0 radical (unpaired) electrons. The molecule has 1 saturated carbocycles. The smallest absolute Gasteiger partial charge is 0.251 e. The summed E-state index contributed by atoms with van der Waals surface area (Å²) in [4.78, 5) is 23.6. The fraction of sp³-hybridized carbons (Fsp3) is 0.467. The Bertz CT molecular complexity index is 450. The first-order valence-corrected chi connectivity index (χ1v) is 6.90. The van der Waals surface area contributed by atoms with Gasteiger partial charge in [-0.25, -0.2) is 0 Å². The van der Waals surface area contributed by atoms with Crippen LogP contribution in [0.4, 0.5) is 0 Å². The average molecular weight is 260 g/mol. The van der Waals surface area contributed by atoms with Crippen LogP contribution in [0.5, 0.6) is 0 Å². The normalized spacial score (nSPS) is 13.9. The minimum absolute atomic E-state index is 0.0551. The Morgan fingerprint density at radius 1 is 1.11 bits per heavy atom. The van der Waals surface area contributed by atoms with Gasteiger partial charge in [0.25, 0.3) is 11.8 Å². The molecular formula is C15H20N2O2. The summed E-state index contributed by atoms with van der Waals surface area (Å²) in [5.41, 5.74) is 1.20. The highest BCUT2D eigenvalue weighted by molar-refractivity contribution is 5.97. The van der Waals surface area contributed by atoms with E-state index < -0.39 is 0 Å². The molecule has 102 valence electrons. The van der Waals surface area contributed by atoms with Crippen LogP contribution in [0, 0.1) is 0 Å². The zero-order valence-corrected chi connectivity index (χ0v) is 11.2. The summed E-state index contributed by atoms with van der Waals surface area (Å²) in [5, 5.41) is 5.77. The van der Waals surface area contributed by atoms with Gasteiger partial charge in [0, 0.05) is 23.7 Å². The molecule has 4 heteroatoms. The van der Waals surface area contributed by atoms with Crippen LogP contribution in [0.3, 0.4) is 0 Å². The first kappa shape index (κ1) is 13.6. The van der Waals surface area contributed by atoms with Gasteiger partial charge < -0.3 is 10.6 Å². The van der Waals surface area contributed by atoms with Crippen molar-refractivity contribution in [2.24, 2.45) is 0 Å². The highest BCUT2D eigenvalue weighted by Crippen LogP contribution is 2.19. The van der Waals surface area contributed by atoms with Crippen LogP contribution in [-0.4, -0.2) is 24.4 Å². The van der Waals surface area contributed by atoms with Crippen LogP contribution in [0.25, 0.3) is 0 Å². The summed E-state index contributed by atoms with van der Waals surface area (Å²) < 4.78 is 0. The van der Waals surface area contributed by atoms with E-state index in [9.17, 15) is 9.59 Å². The predicted octanol–water partition coefficient (Wildman–Crippen LogP) is 2.11. The van der Waals surface area contributed by atoms with E-state index in [-0.39, 0.29) is 11.8 Å². The molecule has 0 unspecified atom stereocenters. The highest BCUT2D eigenvalue weighted by Gasteiger charge is 2.23. The van der Waals surface area contributed by atoms with E-state index in [1.165, 1.54) is 0 Å². The Hall–Kier alpha value is -1.84. The SMILES string of the molecule is CCCCNC(=O)c1ccc(C(=O)NC2CC2)cc1. The Labute approximate surface area is 113 Å². The van der Waals surface area contributed by atoms with Gasteiger partial charge in [-0.05, 0) is 43.5 Å². The molecular weight excluding hydrogens is 240 g/mol. The van der Waals surface area contributed by atoms with Crippen molar-refractivity contribution in [1.29, 1.82) is 0 Å². The predicted molar refractivity (Wildman–Crippen MR) is 74.2 cm³/mol. The molecule has 0 aliphatic heterocycles. The molecule has 2 amide bonds. The zero-order chi connectivity index (χ0) is 13.7. The van der Waals surface area contributed by atoms with Crippen molar-refractivity contribution in [3.05, 3.63) is 35.4 Å². The summed E-state index contributed by atoms with van der Waals surface area (Å²) in [5.74, 6) is -0.136. The van der Waals surface area contributed by atoms with Gasteiger partial charge in [0.05, 0.1) is 0 Å². The fourth-order valence-electron chi connectivity index (χ4n) is 1.75. The lowest BCUT2D eigenvalue weighted by Gasteiger charge is -2.06. The maximum absolute atomic E-state index is 11.8. The van der Waals surface area contributed by atoms with Gasteiger partial charge in [0.1, 0.15) is 0 Å². The van der Waals surface area contributed by atoms with Crippen molar-refractivity contribution >= 4 is 11.8 Å². The molecule has 1 aliphatic rings. The molecule has 0 aromatic heterocycles. The van der Waals surface area contributed by atoms with E-state index in [1.54, 1.807) is 24.3 Å². The Morgan fingerprint density at radius 2 is 1.68 bits per heavy atom. The van der Waals surface area contributed by atoms with Gasteiger partial charge in [-0.3, -0.25) is 9.59 Å². The van der Waals surface area contributed by atoms with E-state index in [2.05, 4.69) is 17.6 Å². The number of hydrogen-bond acceptors (Lipinski definition) is 2. The molecule has 4 nitrogen and oxygen atoms in total. The lowest BCUT2D eigenvalue weighted by Crippen LogP contribution is -2.26. The standard InChI is InChI=1S/C15H20N2O2/c1-2-3-10-16-14(18)11-4-6-12(7-5-11)15(19)17-13-8-9-13/h4-7,13H,2-3,8-10H2,1H3,(H,16,18)(H,17,19). The molecule has 2 rings (SSSR count). The van der Waals surface area contributed by atoms with Crippen LogP contribution in [0.2, 0.25) is 0 Å². The van der Waals surface area contributed by atoms with Gasteiger partial charge in [0.2, 0.25) is 0 Å². The molecule has 1 aliphatic carbocycles. The zero-order valence-electron chi connectivity index (χ0n) is 11.2. The second-order valence-electron chi connectivity index (χ2n) is 4.93. The minimum Gasteiger partial charge on any atom is -0.352 e.